The molecule has 0 aliphatic heterocycles. The Balaban J connectivity index is 0.00000320. The van der Waals surface area contributed by atoms with Gasteiger partial charge in [-0.15, -0.1) is 24.2 Å². The van der Waals surface area contributed by atoms with Gasteiger partial charge in [0.15, 0.2) is 5.13 Å². The van der Waals surface area contributed by atoms with E-state index >= 15 is 0 Å². The largest absolute Gasteiger partial charge is 0.494 e. The van der Waals surface area contributed by atoms with Gasteiger partial charge in [-0.1, -0.05) is 17.4 Å². The van der Waals surface area contributed by atoms with Crippen LogP contribution in [-0.2, 0) is 4.79 Å². The van der Waals surface area contributed by atoms with Crippen molar-refractivity contribution in [2.75, 3.05) is 44.9 Å². The lowest BCUT2D eigenvalue weighted by molar-refractivity contribution is -0.118. The zero-order chi connectivity index (χ0) is 20.8. The molecule has 0 atom stereocenters. The van der Waals surface area contributed by atoms with E-state index < -0.39 is 0 Å². The van der Waals surface area contributed by atoms with Gasteiger partial charge in [0.25, 0.3) is 0 Å². The van der Waals surface area contributed by atoms with Gasteiger partial charge in [-0.3, -0.25) is 9.69 Å². The molecule has 3 rings (SSSR count). The topological polar surface area (TPSA) is 45.7 Å². The summed E-state index contributed by atoms with van der Waals surface area (Å²) < 4.78 is 19.4. The summed E-state index contributed by atoms with van der Waals surface area (Å²) in [5, 5.41) is 0.683. The number of thioether (sulfide) groups is 1. The highest BCUT2D eigenvalue weighted by atomic mass is 35.5. The minimum atomic E-state index is -0.258. The Morgan fingerprint density at radius 1 is 1.17 bits per heavy atom. The molecule has 0 fully saturated rings. The van der Waals surface area contributed by atoms with Gasteiger partial charge in [-0.25, -0.2) is 9.37 Å². The molecule has 0 aliphatic carbocycles. The van der Waals surface area contributed by atoms with Crippen molar-refractivity contribution in [2.45, 2.75) is 11.3 Å². The van der Waals surface area contributed by atoms with Crippen LogP contribution >= 0.6 is 35.5 Å². The van der Waals surface area contributed by atoms with Crippen LogP contribution in [0.3, 0.4) is 0 Å². The first kappa shape index (κ1) is 24.4. The van der Waals surface area contributed by atoms with Crippen molar-refractivity contribution in [3.05, 3.63) is 48.3 Å². The number of amides is 1. The van der Waals surface area contributed by atoms with Gasteiger partial charge in [-0.05, 0) is 50.5 Å². The van der Waals surface area contributed by atoms with Crippen LogP contribution in [0.2, 0.25) is 0 Å². The number of carbonyl (C=O) groups is 1. The number of ether oxygens (including phenoxy) is 1. The smallest absolute Gasteiger partial charge is 0.229 e. The van der Waals surface area contributed by atoms with E-state index in [0.717, 1.165) is 21.7 Å². The Morgan fingerprint density at radius 2 is 1.90 bits per heavy atom. The number of hydrogen-bond acceptors (Lipinski definition) is 6. The first-order chi connectivity index (χ1) is 14.0. The third-order valence-corrected chi connectivity index (χ3v) is 6.35. The summed E-state index contributed by atoms with van der Waals surface area (Å²) in [4.78, 5) is 22.4. The van der Waals surface area contributed by atoms with Gasteiger partial charge < -0.3 is 9.64 Å². The molecule has 30 heavy (non-hydrogen) atoms. The number of fused-ring (bicyclic) bond motifs is 1. The summed E-state index contributed by atoms with van der Waals surface area (Å²) in [5.41, 5.74) is 0.776. The number of para-hydroxylation sites is 1. The second-order valence-corrected chi connectivity index (χ2v) is 8.88. The number of carbonyl (C=O) groups excluding carboxylic acids is 1. The van der Waals surface area contributed by atoms with Crippen LogP contribution in [-0.4, -0.2) is 55.8 Å². The van der Waals surface area contributed by atoms with Gasteiger partial charge in [0, 0.05) is 30.2 Å². The maximum absolute atomic E-state index is 13.0. The molecular formula is C21H25ClFN3O2S2. The Labute approximate surface area is 190 Å². The van der Waals surface area contributed by atoms with E-state index in [-0.39, 0.29) is 24.1 Å². The minimum Gasteiger partial charge on any atom is -0.494 e. The van der Waals surface area contributed by atoms with Crippen LogP contribution in [0.4, 0.5) is 9.52 Å². The standard InChI is InChI=1S/C21H24FN3O2S2.ClH/c1-24(2)12-13-25(19(26)11-14-28-16-9-7-15(22)8-10-16)21-23-20-17(27-3)5-4-6-18(20)29-21;/h4-10H,11-14H2,1-3H3;1H. The lowest BCUT2D eigenvalue weighted by Gasteiger charge is -2.22. The molecule has 9 heteroatoms. The van der Waals surface area contributed by atoms with E-state index in [2.05, 4.69) is 0 Å². The maximum atomic E-state index is 13.0. The van der Waals surface area contributed by atoms with Crippen LogP contribution in [0.1, 0.15) is 6.42 Å². The van der Waals surface area contributed by atoms with E-state index in [4.69, 9.17) is 9.72 Å². The highest BCUT2D eigenvalue weighted by molar-refractivity contribution is 7.99. The normalized spacial score (nSPS) is 10.8. The molecular weight excluding hydrogens is 445 g/mol. The predicted octanol–water partition coefficient (Wildman–Crippen LogP) is 4.94. The second-order valence-electron chi connectivity index (χ2n) is 6.70. The fourth-order valence-corrected chi connectivity index (χ4v) is 4.61. The number of nitrogens with zero attached hydrogens (tertiary/aromatic N) is 3. The molecule has 0 saturated carbocycles. The van der Waals surface area contributed by atoms with Gasteiger partial charge in [0.05, 0.1) is 11.8 Å². The van der Waals surface area contributed by atoms with Gasteiger partial charge >= 0.3 is 0 Å². The molecule has 0 aliphatic rings. The molecule has 0 N–H and O–H groups in total. The minimum absolute atomic E-state index is 0. The summed E-state index contributed by atoms with van der Waals surface area (Å²) in [6.45, 7) is 1.30. The number of anilines is 1. The summed E-state index contributed by atoms with van der Waals surface area (Å²) in [6, 6.07) is 12.1. The molecule has 0 bridgehead atoms. The summed E-state index contributed by atoms with van der Waals surface area (Å²) in [6.07, 6.45) is 0.378. The number of aromatic nitrogens is 1. The van der Waals surface area contributed by atoms with E-state index in [9.17, 15) is 9.18 Å². The second kappa shape index (κ2) is 11.5. The van der Waals surface area contributed by atoms with E-state index in [1.165, 1.54) is 23.5 Å². The Hall–Kier alpha value is -1.87. The van der Waals surface area contributed by atoms with Crippen molar-refractivity contribution in [3.63, 3.8) is 0 Å². The van der Waals surface area contributed by atoms with Crippen molar-refractivity contribution in [1.29, 1.82) is 0 Å². The number of thiazole rings is 1. The van der Waals surface area contributed by atoms with Crippen molar-refractivity contribution in [1.82, 2.24) is 9.88 Å². The lowest BCUT2D eigenvalue weighted by atomic mass is 10.3. The van der Waals surface area contributed by atoms with E-state index in [1.807, 2.05) is 37.2 Å². The average Bonchev–Trinajstić information content (AvgIpc) is 3.13. The highest BCUT2D eigenvalue weighted by Gasteiger charge is 2.20. The number of benzene rings is 2. The molecule has 0 radical (unpaired) electrons. The zero-order valence-electron chi connectivity index (χ0n) is 17.1. The fraction of sp³-hybridized carbons (Fsp3) is 0.333. The molecule has 0 spiro atoms. The monoisotopic (exact) mass is 469 g/mol. The van der Waals surface area contributed by atoms with Crippen molar-refractivity contribution < 1.29 is 13.9 Å². The number of halogens is 2. The quantitative estimate of drug-likeness (QED) is 0.415. The van der Waals surface area contributed by atoms with Crippen molar-refractivity contribution in [3.8, 4) is 5.75 Å². The summed E-state index contributed by atoms with van der Waals surface area (Å²) in [5.74, 6) is 1.10. The number of likely N-dealkylation sites (N-methyl/N-ethyl adjacent to an activating group) is 1. The Bertz CT molecular complexity index is 967. The van der Waals surface area contributed by atoms with Crippen molar-refractivity contribution >= 4 is 56.8 Å². The molecule has 1 amide bonds. The van der Waals surface area contributed by atoms with Crippen LogP contribution in [0.5, 0.6) is 5.75 Å². The third-order valence-electron chi connectivity index (χ3n) is 4.29. The van der Waals surface area contributed by atoms with Crippen LogP contribution in [0.25, 0.3) is 10.2 Å². The number of hydrogen-bond donors (Lipinski definition) is 0. The van der Waals surface area contributed by atoms with Gasteiger partial charge in [0.2, 0.25) is 5.91 Å². The first-order valence-electron chi connectivity index (χ1n) is 9.25. The third kappa shape index (κ3) is 6.31. The van der Waals surface area contributed by atoms with Crippen LogP contribution < -0.4 is 9.64 Å². The number of methoxy groups -OCH3 is 1. The molecule has 0 saturated heterocycles. The SMILES string of the molecule is COc1cccc2sc(N(CCN(C)C)C(=O)CCSc3ccc(F)cc3)nc12.Cl. The molecule has 2 aromatic carbocycles. The molecule has 1 heterocycles. The Kier molecular flexibility index (Phi) is 9.36. The molecule has 162 valence electrons. The van der Waals surface area contributed by atoms with E-state index in [0.29, 0.717) is 29.6 Å². The lowest BCUT2D eigenvalue weighted by Crippen LogP contribution is -2.36. The van der Waals surface area contributed by atoms with Crippen LogP contribution in [0, 0.1) is 5.82 Å². The average molecular weight is 470 g/mol. The number of rotatable bonds is 9. The zero-order valence-corrected chi connectivity index (χ0v) is 19.6. The van der Waals surface area contributed by atoms with Gasteiger partial charge in [-0.2, -0.15) is 0 Å². The molecule has 3 aromatic rings. The summed E-state index contributed by atoms with van der Waals surface area (Å²) in [7, 11) is 5.58. The summed E-state index contributed by atoms with van der Waals surface area (Å²) >= 11 is 3.04. The van der Waals surface area contributed by atoms with Gasteiger partial charge in [0.1, 0.15) is 17.1 Å². The molecule has 1 aromatic heterocycles. The highest BCUT2D eigenvalue weighted by Crippen LogP contribution is 2.34. The molecule has 5 nitrogen and oxygen atoms in total. The molecule has 0 unspecified atom stereocenters. The van der Waals surface area contributed by atoms with Crippen LogP contribution in [0.15, 0.2) is 47.4 Å². The van der Waals surface area contributed by atoms with Crippen molar-refractivity contribution in [2.24, 2.45) is 0 Å². The predicted molar refractivity (Wildman–Crippen MR) is 126 cm³/mol. The Morgan fingerprint density at radius 3 is 2.57 bits per heavy atom. The van der Waals surface area contributed by atoms with E-state index in [1.54, 1.807) is 35.9 Å². The maximum Gasteiger partial charge on any atom is 0.229 e. The first-order valence-corrected chi connectivity index (χ1v) is 11.0. The fourth-order valence-electron chi connectivity index (χ4n) is 2.74.